The molecule has 0 N–H and O–H groups in total. The molecule has 0 atom stereocenters. The van der Waals surface area contributed by atoms with Gasteiger partial charge in [-0.25, -0.2) is 9.78 Å². The standard InChI is InChI=1S/C22H27BN4O4/c1-6-31-20(29)22(2,3)11-10-16-24-18-17(19(28)26(5)21(30)25(18)4)27(16)13-14-8-7-9-15(23)12-14/h7-9,12H,6,10-11,13H2,1-5H3. The van der Waals surface area contributed by atoms with Crippen molar-refractivity contribution in [1.82, 2.24) is 18.7 Å². The fourth-order valence-electron chi connectivity index (χ4n) is 3.58. The normalized spacial score (nSPS) is 11.8. The Labute approximate surface area is 181 Å². The molecule has 3 aromatic rings. The molecule has 0 unspecified atom stereocenters. The zero-order valence-electron chi connectivity index (χ0n) is 18.6. The highest BCUT2D eigenvalue weighted by molar-refractivity contribution is 6.32. The molecule has 9 heteroatoms. The Hall–Kier alpha value is -3.10. The van der Waals surface area contributed by atoms with Gasteiger partial charge in [0.1, 0.15) is 13.7 Å². The number of carbonyl (C=O) groups excluding carboxylic acids is 1. The van der Waals surface area contributed by atoms with Crippen LogP contribution in [0.15, 0.2) is 33.9 Å². The average Bonchev–Trinajstić information content (AvgIpc) is 3.08. The summed E-state index contributed by atoms with van der Waals surface area (Å²) in [5, 5.41) is 0. The molecule has 162 valence electrons. The Bertz CT molecular complexity index is 1250. The van der Waals surface area contributed by atoms with Crippen LogP contribution in [-0.4, -0.2) is 39.1 Å². The number of aryl methyl sites for hydroxylation is 2. The number of aromatic nitrogens is 4. The van der Waals surface area contributed by atoms with Crippen LogP contribution in [0.5, 0.6) is 0 Å². The number of rotatable bonds is 7. The lowest BCUT2D eigenvalue weighted by Crippen LogP contribution is -2.37. The number of nitrogens with zero attached hydrogens (tertiary/aromatic N) is 4. The van der Waals surface area contributed by atoms with E-state index < -0.39 is 16.7 Å². The molecular weight excluding hydrogens is 395 g/mol. The maximum absolute atomic E-state index is 13.0. The molecule has 0 bridgehead atoms. The Morgan fingerprint density at radius 2 is 1.90 bits per heavy atom. The first-order valence-electron chi connectivity index (χ1n) is 10.2. The number of imidazole rings is 1. The quantitative estimate of drug-likeness (QED) is 0.415. The number of carbonyl (C=O) groups is 1. The van der Waals surface area contributed by atoms with Crippen molar-refractivity contribution in [2.45, 2.75) is 40.2 Å². The molecule has 0 aliphatic carbocycles. The molecule has 0 aliphatic rings. The smallest absolute Gasteiger partial charge is 0.332 e. The van der Waals surface area contributed by atoms with E-state index >= 15 is 0 Å². The van der Waals surface area contributed by atoms with Crippen LogP contribution < -0.4 is 16.7 Å². The zero-order valence-corrected chi connectivity index (χ0v) is 18.6. The van der Waals surface area contributed by atoms with Crippen LogP contribution >= 0.6 is 0 Å². The topological polar surface area (TPSA) is 88.1 Å². The predicted octanol–water partition coefficient (Wildman–Crippen LogP) is 0.798. The van der Waals surface area contributed by atoms with E-state index in [1.807, 2.05) is 36.6 Å². The number of hydrogen-bond acceptors (Lipinski definition) is 5. The average molecular weight is 422 g/mol. The zero-order chi connectivity index (χ0) is 22.9. The molecule has 31 heavy (non-hydrogen) atoms. The second-order valence-electron chi connectivity index (χ2n) is 8.34. The van der Waals surface area contributed by atoms with Crippen LogP contribution in [0, 0.1) is 5.41 Å². The first-order chi connectivity index (χ1) is 14.6. The summed E-state index contributed by atoms with van der Waals surface area (Å²) < 4.78 is 9.44. The molecule has 2 heterocycles. The van der Waals surface area contributed by atoms with E-state index in [4.69, 9.17) is 12.6 Å². The van der Waals surface area contributed by atoms with E-state index in [1.165, 1.54) is 11.6 Å². The van der Waals surface area contributed by atoms with Crippen molar-refractivity contribution in [1.29, 1.82) is 0 Å². The molecule has 1 aromatic carbocycles. The van der Waals surface area contributed by atoms with Gasteiger partial charge in [0.15, 0.2) is 11.2 Å². The van der Waals surface area contributed by atoms with Crippen molar-refractivity contribution < 1.29 is 9.53 Å². The molecule has 2 aromatic heterocycles. The van der Waals surface area contributed by atoms with E-state index in [2.05, 4.69) is 4.98 Å². The van der Waals surface area contributed by atoms with E-state index in [0.717, 1.165) is 10.1 Å². The van der Waals surface area contributed by atoms with Crippen molar-refractivity contribution in [3.63, 3.8) is 0 Å². The van der Waals surface area contributed by atoms with E-state index in [9.17, 15) is 14.4 Å². The van der Waals surface area contributed by atoms with Gasteiger partial charge in [0.2, 0.25) is 0 Å². The van der Waals surface area contributed by atoms with Gasteiger partial charge in [0.05, 0.1) is 12.0 Å². The van der Waals surface area contributed by atoms with Crippen molar-refractivity contribution in [2.75, 3.05) is 6.61 Å². The fraction of sp³-hybridized carbons (Fsp3) is 0.455. The molecule has 8 nitrogen and oxygen atoms in total. The Morgan fingerprint density at radius 3 is 2.55 bits per heavy atom. The van der Waals surface area contributed by atoms with Crippen LogP contribution in [-0.2, 0) is 36.6 Å². The molecule has 0 amide bonds. The Balaban J connectivity index is 2.12. The third-order valence-corrected chi connectivity index (χ3v) is 5.52. The lowest BCUT2D eigenvalue weighted by Gasteiger charge is -2.22. The second kappa shape index (κ2) is 8.57. The number of ether oxygens (including phenoxy) is 1. The van der Waals surface area contributed by atoms with Crippen molar-refractivity contribution in [3.8, 4) is 0 Å². The minimum Gasteiger partial charge on any atom is -0.466 e. The van der Waals surface area contributed by atoms with Crippen LogP contribution in [0.4, 0.5) is 0 Å². The van der Waals surface area contributed by atoms with Crippen LogP contribution in [0.1, 0.15) is 38.6 Å². The monoisotopic (exact) mass is 422 g/mol. The van der Waals surface area contributed by atoms with E-state index in [0.29, 0.717) is 48.4 Å². The van der Waals surface area contributed by atoms with E-state index in [1.54, 1.807) is 20.0 Å². The van der Waals surface area contributed by atoms with Crippen LogP contribution in [0.3, 0.4) is 0 Å². The highest BCUT2D eigenvalue weighted by Gasteiger charge is 2.30. The highest BCUT2D eigenvalue weighted by Crippen LogP contribution is 2.26. The molecule has 2 radical (unpaired) electrons. The highest BCUT2D eigenvalue weighted by atomic mass is 16.5. The fourth-order valence-corrected chi connectivity index (χ4v) is 3.58. The molecule has 0 aliphatic heterocycles. The molecule has 0 saturated carbocycles. The number of fused-ring (bicyclic) bond motifs is 1. The summed E-state index contributed by atoms with van der Waals surface area (Å²) in [6.07, 6.45) is 0.903. The van der Waals surface area contributed by atoms with Gasteiger partial charge in [-0.05, 0) is 32.8 Å². The molecule has 3 rings (SSSR count). The minimum absolute atomic E-state index is 0.281. The third-order valence-electron chi connectivity index (χ3n) is 5.52. The van der Waals surface area contributed by atoms with Gasteiger partial charge in [0, 0.05) is 27.1 Å². The summed E-state index contributed by atoms with van der Waals surface area (Å²) in [6, 6.07) is 7.40. The lowest BCUT2D eigenvalue weighted by molar-refractivity contribution is -0.153. The van der Waals surface area contributed by atoms with Gasteiger partial charge in [-0.2, -0.15) is 0 Å². The summed E-state index contributed by atoms with van der Waals surface area (Å²) in [7, 11) is 8.97. The van der Waals surface area contributed by atoms with E-state index in [-0.39, 0.29) is 5.97 Å². The van der Waals surface area contributed by atoms with Gasteiger partial charge in [-0.15, -0.1) is 0 Å². The van der Waals surface area contributed by atoms with Gasteiger partial charge in [-0.1, -0.05) is 29.7 Å². The molecular formula is C22H27BN4O4. The van der Waals surface area contributed by atoms with Crippen LogP contribution in [0.25, 0.3) is 11.2 Å². The molecule has 0 fully saturated rings. The second-order valence-corrected chi connectivity index (χ2v) is 8.34. The van der Waals surface area contributed by atoms with Crippen molar-refractivity contribution in [2.24, 2.45) is 19.5 Å². The summed E-state index contributed by atoms with van der Waals surface area (Å²) in [6.45, 7) is 6.10. The molecule has 0 spiro atoms. The summed E-state index contributed by atoms with van der Waals surface area (Å²) in [5.41, 5.74) is 0.618. The molecule has 0 saturated heterocycles. The predicted molar refractivity (Wildman–Crippen MR) is 120 cm³/mol. The Kier molecular flexibility index (Phi) is 6.24. The largest absolute Gasteiger partial charge is 0.466 e. The van der Waals surface area contributed by atoms with Gasteiger partial charge < -0.3 is 9.30 Å². The maximum Gasteiger partial charge on any atom is 0.332 e. The van der Waals surface area contributed by atoms with Gasteiger partial charge in [-0.3, -0.25) is 18.7 Å². The minimum atomic E-state index is -0.715. The lowest BCUT2D eigenvalue weighted by atomic mass is 9.88. The summed E-state index contributed by atoms with van der Waals surface area (Å²) >= 11 is 0. The first-order valence-corrected chi connectivity index (χ1v) is 10.2. The van der Waals surface area contributed by atoms with Gasteiger partial charge in [0.25, 0.3) is 5.56 Å². The third kappa shape index (κ3) is 4.35. The number of esters is 1. The number of hydrogen-bond donors (Lipinski definition) is 0. The first kappa shape index (κ1) is 22.6. The maximum atomic E-state index is 13.0. The van der Waals surface area contributed by atoms with Gasteiger partial charge >= 0.3 is 11.7 Å². The van der Waals surface area contributed by atoms with Crippen molar-refractivity contribution in [3.05, 3.63) is 56.5 Å². The summed E-state index contributed by atoms with van der Waals surface area (Å²) in [4.78, 5) is 42.3. The number of benzene rings is 1. The Morgan fingerprint density at radius 1 is 1.19 bits per heavy atom. The van der Waals surface area contributed by atoms with Crippen molar-refractivity contribution >= 4 is 30.4 Å². The van der Waals surface area contributed by atoms with Crippen LogP contribution in [0.2, 0.25) is 0 Å². The SMILES string of the molecule is [B]c1cccc(Cn2c(CCC(C)(C)C(=O)OCC)nc3c2c(=O)n(C)c(=O)n3C)c1. The summed E-state index contributed by atoms with van der Waals surface area (Å²) in [5.74, 6) is 0.338.